The topological polar surface area (TPSA) is 48.1 Å². The van der Waals surface area contributed by atoms with Gasteiger partial charge in [-0.15, -0.1) is 11.3 Å². The van der Waals surface area contributed by atoms with Crippen molar-refractivity contribution in [1.29, 1.82) is 0 Å². The summed E-state index contributed by atoms with van der Waals surface area (Å²) in [5, 5.41) is 1.02. The van der Waals surface area contributed by atoms with E-state index in [1.165, 1.54) is 17.0 Å². The molecule has 1 unspecified atom stereocenters. The van der Waals surface area contributed by atoms with Crippen molar-refractivity contribution in [3.05, 3.63) is 45.4 Å². The van der Waals surface area contributed by atoms with Crippen LogP contribution < -0.4 is 10.5 Å². The fraction of sp³-hybridized carbons (Fsp3) is 0.357. The summed E-state index contributed by atoms with van der Waals surface area (Å²) in [6.45, 7) is 0. The Hall–Kier alpha value is -1.39. The minimum absolute atomic E-state index is 0.143. The molecule has 0 aliphatic heterocycles. The maximum Gasteiger partial charge on any atom is 0.119 e. The van der Waals surface area contributed by atoms with E-state index in [1.807, 2.05) is 24.3 Å². The summed E-state index contributed by atoms with van der Waals surface area (Å²) in [5.74, 6) is 0.840. The van der Waals surface area contributed by atoms with Crippen LogP contribution in [0.1, 0.15) is 33.6 Å². The molecule has 18 heavy (non-hydrogen) atoms. The van der Waals surface area contributed by atoms with E-state index in [9.17, 15) is 0 Å². The molecule has 1 aliphatic carbocycles. The first-order valence-electron chi connectivity index (χ1n) is 6.16. The SMILES string of the molecule is COc1cccc(C(N)c2nc3c(s2)CCC3)c1. The van der Waals surface area contributed by atoms with Crippen molar-refractivity contribution in [1.82, 2.24) is 4.98 Å². The molecule has 2 aromatic rings. The molecule has 1 heterocycles. The summed E-state index contributed by atoms with van der Waals surface area (Å²) in [6, 6.07) is 7.76. The highest BCUT2D eigenvalue weighted by atomic mass is 32.1. The van der Waals surface area contributed by atoms with Gasteiger partial charge >= 0.3 is 0 Å². The molecule has 0 bridgehead atoms. The largest absolute Gasteiger partial charge is 0.497 e. The number of methoxy groups -OCH3 is 1. The van der Waals surface area contributed by atoms with Gasteiger partial charge in [0.1, 0.15) is 10.8 Å². The second-order valence-electron chi connectivity index (χ2n) is 4.53. The molecule has 0 radical (unpaired) electrons. The number of hydrogen-bond donors (Lipinski definition) is 1. The van der Waals surface area contributed by atoms with Crippen LogP contribution in [0.2, 0.25) is 0 Å². The Morgan fingerprint density at radius 1 is 1.39 bits per heavy atom. The van der Waals surface area contributed by atoms with Crippen LogP contribution in [0.3, 0.4) is 0 Å². The average molecular weight is 260 g/mol. The fourth-order valence-electron chi connectivity index (χ4n) is 2.32. The monoisotopic (exact) mass is 260 g/mol. The van der Waals surface area contributed by atoms with Crippen molar-refractivity contribution in [3.8, 4) is 5.75 Å². The first kappa shape index (κ1) is 11.7. The standard InChI is InChI=1S/C14H16N2OS/c1-17-10-5-2-4-9(8-10)13(15)14-16-11-6-3-7-12(11)18-14/h2,4-5,8,13H,3,6-7,15H2,1H3. The summed E-state index contributed by atoms with van der Waals surface area (Å²) < 4.78 is 5.23. The van der Waals surface area contributed by atoms with Gasteiger partial charge < -0.3 is 10.5 Å². The molecule has 0 saturated carbocycles. The smallest absolute Gasteiger partial charge is 0.119 e. The third-order valence-electron chi connectivity index (χ3n) is 3.33. The van der Waals surface area contributed by atoms with E-state index in [0.29, 0.717) is 0 Å². The number of benzene rings is 1. The van der Waals surface area contributed by atoms with E-state index >= 15 is 0 Å². The zero-order valence-electron chi connectivity index (χ0n) is 10.3. The molecule has 1 atom stereocenters. The number of aryl methyl sites for hydroxylation is 2. The van der Waals surface area contributed by atoms with Crippen LogP contribution in [-0.4, -0.2) is 12.1 Å². The normalized spacial score (nSPS) is 15.4. The molecule has 1 aromatic carbocycles. The Bertz CT molecular complexity index is 543. The summed E-state index contributed by atoms with van der Waals surface area (Å²) in [4.78, 5) is 6.10. The summed E-state index contributed by atoms with van der Waals surface area (Å²) >= 11 is 1.76. The lowest BCUT2D eigenvalue weighted by Gasteiger charge is -2.10. The number of hydrogen-bond acceptors (Lipinski definition) is 4. The maximum absolute atomic E-state index is 6.29. The first-order valence-corrected chi connectivity index (χ1v) is 6.97. The summed E-state index contributed by atoms with van der Waals surface area (Å²) in [7, 11) is 1.67. The van der Waals surface area contributed by atoms with E-state index in [0.717, 1.165) is 29.2 Å². The maximum atomic E-state index is 6.29. The highest BCUT2D eigenvalue weighted by Crippen LogP contribution is 2.32. The van der Waals surface area contributed by atoms with Crippen LogP contribution in [-0.2, 0) is 12.8 Å². The molecule has 2 N–H and O–H groups in total. The van der Waals surface area contributed by atoms with Gasteiger partial charge in [0.15, 0.2) is 0 Å². The van der Waals surface area contributed by atoms with Crippen molar-refractivity contribution < 1.29 is 4.74 Å². The Kier molecular flexibility index (Phi) is 3.06. The molecule has 1 aliphatic rings. The van der Waals surface area contributed by atoms with E-state index in [4.69, 9.17) is 10.5 Å². The number of nitrogens with zero attached hydrogens (tertiary/aromatic N) is 1. The number of rotatable bonds is 3. The van der Waals surface area contributed by atoms with Gasteiger partial charge in [-0.25, -0.2) is 4.98 Å². The van der Waals surface area contributed by atoms with Gasteiger partial charge in [-0.1, -0.05) is 12.1 Å². The lowest BCUT2D eigenvalue weighted by atomic mass is 10.1. The second-order valence-corrected chi connectivity index (χ2v) is 5.65. The quantitative estimate of drug-likeness (QED) is 0.923. The van der Waals surface area contributed by atoms with E-state index in [1.54, 1.807) is 18.4 Å². The molecule has 0 saturated heterocycles. The average Bonchev–Trinajstić information content (AvgIpc) is 2.98. The Morgan fingerprint density at radius 2 is 2.28 bits per heavy atom. The Morgan fingerprint density at radius 3 is 3.06 bits per heavy atom. The van der Waals surface area contributed by atoms with Crippen LogP contribution in [0.25, 0.3) is 0 Å². The van der Waals surface area contributed by atoms with Gasteiger partial charge in [-0.2, -0.15) is 0 Å². The second kappa shape index (κ2) is 4.71. The zero-order valence-corrected chi connectivity index (χ0v) is 11.2. The van der Waals surface area contributed by atoms with Gasteiger partial charge in [-0.3, -0.25) is 0 Å². The molecule has 4 heteroatoms. The van der Waals surface area contributed by atoms with Crippen molar-refractivity contribution in [2.45, 2.75) is 25.3 Å². The van der Waals surface area contributed by atoms with Crippen molar-refractivity contribution >= 4 is 11.3 Å². The predicted octanol–water partition coefficient (Wildman–Crippen LogP) is 2.69. The van der Waals surface area contributed by atoms with E-state index < -0.39 is 0 Å². The predicted molar refractivity (Wildman–Crippen MR) is 73.2 cm³/mol. The highest BCUT2D eigenvalue weighted by Gasteiger charge is 2.20. The van der Waals surface area contributed by atoms with Crippen LogP contribution in [0.4, 0.5) is 0 Å². The van der Waals surface area contributed by atoms with Gasteiger partial charge in [0.05, 0.1) is 18.8 Å². The number of aromatic nitrogens is 1. The van der Waals surface area contributed by atoms with Crippen molar-refractivity contribution in [3.63, 3.8) is 0 Å². The molecule has 1 aromatic heterocycles. The molecule has 94 valence electrons. The Balaban J connectivity index is 1.90. The number of nitrogens with two attached hydrogens (primary N) is 1. The molecule has 3 rings (SSSR count). The minimum Gasteiger partial charge on any atom is -0.497 e. The minimum atomic E-state index is -0.143. The Labute approximate surface area is 111 Å². The zero-order chi connectivity index (χ0) is 12.5. The number of ether oxygens (including phenoxy) is 1. The molecule has 0 amide bonds. The molecular weight excluding hydrogens is 244 g/mol. The van der Waals surface area contributed by atoms with Gasteiger partial charge in [0.25, 0.3) is 0 Å². The molecule has 3 nitrogen and oxygen atoms in total. The third kappa shape index (κ3) is 2.02. The van der Waals surface area contributed by atoms with Crippen LogP contribution in [0.5, 0.6) is 5.75 Å². The third-order valence-corrected chi connectivity index (χ3v) is 4.57. The number of fused-ring (bicyclic) bond motifs is 1. The lowest BCUT2D eigenvalue weighted by Crippen LogP contribution is -2.11. The van der Waals surface area contributed by atoms with Crippen molar-refractivity contribution in [2.75, 3.05) is 7.11 Å². The van der Waals surface area contributed by atoms with Crippen molar-refractivity contribution in [2.24, 2.45) is 5.73 Å². The first-order chi connectivity index (χ1) is 8.78. The van der Waals surface area contributed by atoms with Crippen LogP contribution in [0, 0.1) is 0 Å². The van der Waals surface area contributed by atoms with Gasteiger partial charge in [0.2, 0.25) is 0 Å². The fourth-order valence-corrected chi connectivity index (χ4v) is 3.50. The van der Waals surface area contributed by atoms with Crippen LogP contribution >= 0.6 is 11.3 Å². The van der Waals surface area contributed by atoms with Gasteiger partial charge in [-0.05, 0) is 37.0 Å². The van der Waals surface area contributed by atoms with E-state index in [2.05, 4.69) is 4.98 Å². The van der Waals surface area contributed by atoms with Gasteiger partial charge in [0, 0.05) is 4.88 Å². The van der Waals surface area contributed by atoms with E-state index in [-0.39, 0.29) is 6.04 Å². The highest BCUT2D eigenvalue weighted by molar-refractivity contribution is 7.11. The molecule has 0 spiro atoms. The summed E-state index contributed by atoms with van der Waals surface area (Å²) in [5.41, 5.74) is 8.61. The molecule has 0 fully saturated rings. The lowest BCUT2D eigenvalue weighted by molar-refractivity contribution is 0.414. The van der Waals surface area contributed by atoms with Crippen LogP contribution in [0.15, 0.2) is 24.3 Å². The molecular formula is C14H16N2OS. The number of thiazole rings is 1. The summed E-state index contributed by atoms with van der Waals surface area (Å²) in [6.07, 6.45) is 3.51.